The highest BCUT2D eigenvalue weighted by Crippen LogP contribution is 2.34. The second-order valence-electron chi connectivity index (χ2n) is 10.8. The van der Waals surface area contributed by atoms with Crippen LogP contribution in [0.15, 0.2) is 53.4 Å². The quantitative estimate of drug-likeness (QED) is 0.557. The molecule has 2 unspecified atom stereocenters. The average molecular weight is 522 g/mol. The molecule has 2 fully saturated rings. The zero-order chi connectivity index (χ0) is 25.9. The Labute approximate surface area is 223 Å². The van der Waals surface area contributed by atoms with E-state index in [4.69, 9.17) is 0 Å². The summed E-state index contributed by atoms with van der Waals surface area (Å²) >= 11 is 0. The van der Waals surface area contributed by atoms with E-state index in [9.17, 15) is 13.8 Å². The van der Waals surface area contributed by atoms with Crippen LogP contribution in [0, 0.1) is 11.8 Å². The van der Waals surface area contributed by atoms with Crippen molar-refractivity contribution < 1.29 is 13.8 Å². The zero-order valence-electron chi connectivity index (χ0n) is 21.9. The van der Waals surface area contributed by atoms with Crippen molar-refractivity contribution >= 4 is 22.6 Å². The lowest BCUT2D eigenvalue weighted by Gasteiger charge is -2.44. The van der Waals surface area contributed by atoms with Gasteiger partial charge in [-0.2, -0.15) is 0 Å². The standard InChI is InChI=1S/C30H39N3O3S/c1-3-20(4-2)28-29(34)32-27(24-17-21-9-5-6-10-22(21)18-24)30(35)33(28)19-23-11-7-8-12-26(23)37(36)25-13-15-31-16-14-25/h5-12,20,24-25,27-28,31H,3-4,13-19H2,1-2H3,(H,32,34)/t27?,28-,37?/m1/s1. The van der Waals surface area contributed by atoms with Gasteiger partial charge in [-0.25, -0.2) is 0 Å². The summed E-state index contributed by atoms with van der Waals surface area (Å²) in [7, 11) is -1.15. The summed E-state index contributed by atoms with van der Waals surface area (Å²) in [5.74, 6) is 0.0776. The Morgan fingerprint density at radius 3 is 2.22 bits per heavy atom. The van der Waals surface area contributed by atoms with Crippen LogP contribution in [0.1, 0.15) is 56.2 Å². The normalized spacial score (nSPS) is 23.8. The van der Waals surface area contributed by atoms with Gasteiger partial charge < -0.3 is 15.5 Å². The van der Waals surface area contributed by atoms with Crippen LogP contribution in [-0.2, 0) is 39.8 Å². The molecule has 2 N–H and O–H groups in total. The fraction of sp³-hybridized carbons (Fsp3) is 0.533. The lowest BCUT2D eigenvalue weighted by atomic mass is 9.86. The monoisotopic (exact) mass is 521 g/mol. The van der Waals surface area contributed by atoms with E-state index < -0.39 is 22.9 Å². The minimum Gasteiger partial charge on any atom is -0.342 e. The van der Waals surface area contributed by atoms with Gasteiger partial charge in [-0.05, 0) is 73.4 Å². The van der Waals surface area contributed by atoms with E-state index >= 15 is 0 Å². The van der Waals surface area contributed by atoms with E-state index in [1.165, 1.54) is 11.1 Å². The predicted octanol–water partition coefficient (Wildman–Crippen LogP) is 3.59. The first-order chi connectivity index (χ1) is 18.0. The van der Waals surface area contributed by atoms with E-state index in [0.717, 1.165) is 62.1 Å². The maximum Gasteiger partial charge on any atom is 0.246 e. The number of carbonyl (C=O) groups is 2. The Bertz CT molecular complexity index is 1130. The molecule has 0 bridgehead atoms. The van der Waals surface area contributed by atoms with Crippen molar-refractivity contribution in [3.8, 4) is 0 Å². The van der Waals surface area contributed by atoms with Crippen LogP contribution in [0.4, 0.5) is 0 Å². The van der Waals surface area contributed by atoms with E-state index in [2.05, 4.69) is 36.6 Å². The van der Waals surface area contributed by atoms with Crippen LogP contribution in [0.2, 0.25) is 0 Å². The molecule has 2 amide bonds. The molecule has 0 aromatic heterocycles. The number of piperazine rings is 1. The molecule has 1 aliphatic carbocycles. The fourth-order valence-electron chi connectivity index (χ4n) is 6.49. The Kier molecular flexibility index (Phi) is 8.10. The molecule has 198 valence electrons. The van der Waals surface area contributed by atoms with Crippen LogP contribution < -0.4 is 10.6 Å². The molecule has 0 spiro atoms. The first kappa shape index (κ1) is 26.1. The van der Waals surface area contributed by atoms with E-state index in [-0.39, 0.29) is 28.9 Å². The molecule has 3 atom stereocenters. The minimum absolute atomic E-state index is 0.00300. The van der Waals surface area contributed by atoms with Gasteiger partial charge in [0, 0.05) is 16.7 Å². The second kappa shape index (κ2) is 11.5. The molecule has 2 aromatic rings. The SMILES string of the molecule is CCC(CC)[C@@H]1C(=O)NC(C2Cc3ccccc3C2)C(=O)N1Cc1ccccc1S(=O)C1CCNCC1. The number of carbonyl (C=O) groups excluding carboxylic acids is 2. The predicted molar refractivity (Wildman–Crippen MR) is 146 cm³/mol. The first-order valence-corrected chi connectivity index (χ1v) is 15.1. The number of amides is 2. The molecule has 3 aliphatic rings. The number of piperidine rings is 1. The number of rotatable bonds is 8. The van der Waals surface area contributed by atoms with E-state index in [1.807, 2.05) is 41.3 Å². The average Bonchev–Trinajstić information content (AvgIpc) is 3.37. The lowest BCUT2D eigenvalue weighted by Crippen LogP contribution is -2.66. The summed E-state index contributed by atoms with van der Waals surface area (Å²) < 4.78 is 13.6. The molecule has 2 aromatic carbocycles. The van der Waals surface area contributed by atoms with Crippen LogP contribution in [0.5, 0.6) is 0 Å². The van der Waals surface area contributed by atoms with Crippen molar-refractivity contribution in [1.29, 1.82) is 0 Å². The Morgan fingerprint density at radius 2 is 1.57 bits per heavy atom. The largest absolute Gasteiger partial charge is 0.342 e. The van der Waals surface area contributed by atoms with E-state index in [1.54, 1.807) is 0 Å². The van der Waals surface area contributed by atoms with Crippen LogP contribution in [0.25, 0.3) is 0 Å². The van der Waals surface area contributed by atoms with Crippen molar-refractivity contribution in [3.05, 3.63) is 65.2 Å². The maximum absolute atomic E-state index is 14.2. The van der Waals surface area contributed by atoms with Crippen molar-refractivity contribution in [2.45, 2.75) is 81.1 Å². The molecular weight excluding hydrogens is 482 g/mol. The Balaban J connectivity index is 1.45. The summed E-state index contributed by atoms with van der Waals surface area (Å²) in [4.78, 5) is 30.4. The number of nitrogens with zero attached hydrogens (tertiary/aromatic N) is 1. The minimum atomic E-state index is -1.15. The molecule has 7 heteroatoms. The number of fused-ring (bicyclic) bond motifs is 1. The molecule has 5 rings (SSSR count). The highest BCUT2D eigenvalue weighted by atomic mass is 32.2. The third-order valence-electron chi connectivity index (χ3n) is 8.62. The molecule has 2 saturated heterocycles. The van der Waals surface area contributed by atoms with E-state index in [0.29, 0.717) is 6.54 Å². The summed E-state index contributed by atoms with van der Waals surface area (Å²) in [6.07, 6.45) is 5.00. The fourth-order valence-corrected chi connectivity index (χ4v) is 8.12. The van der Waals surface area contributed by atoms with Gasteiger partial charge in [0.05, 0.1) is 10.8 Å². The lowest BCUT2D eigenvalue weighted by molar-refractivity contribution is -0.154. The topological polar surface area (TPSA) is 78.5 Å². The summed E-state index contributed by atoms with van der Waals surface area (Å²) in [5, 5.41) is 6.61. The number of hydrogen-bond donors (Lipinski definition) is 2. The third kappa shape index (κ3) is 5.26. The van der Waals surface area contributed by atoms with Gasteiger partial charge in [0.2, 0.25) is 11.8 Å². The number of nitrogens with one attached hydrogen (secondary N) is 2. The first-order valence-electron chi connectivity index (χ1n) is 13.9. The molecular formula is C30H39N3O3S. The van der Waals surface area contributed by atoms with Gasteiger partial charge in [-0.1, -0.05) is 69.2 Å². The number of benzene rings is 2. The van der Waals surface area contributed by atoms with Gasteiger partial charge in [0.1, 0.15) is 12.1 Å². The second-order valence-corrected chi connectivity index (χ2v) is 12.5. The molecule has 37 heavy (non-hydrogen) atoms. The van der Waals surface area contributed by atoms with Crippen LogP contribution in [0.3, 0.4) is 0 Å². The highest BCUT2D eigenvalue weighted by molar-refractivity contribution is 7.85. The molecule has 6 nitrogen and oxygen atoms in total. The highest BCUT2D eigenvalue weighted by Gasteiger charge is 2.47. The van der Waals surface area contributed by atoms with Crippen molar-refractivity contribution in [2.75, 3.05) is 13.1 Å². The van der Waals surface area contributed by atoms with Crippen LogP contribution in [-0.4, -0.2) is 51.3 Å². The van der Waals surface area contributed by atoms with Gasteiger partial charge in [-0.3, -0.25) is 13.8 Å². The molecule has 2 aliphatic heterocycles. The Morgan fingerprint density at radius 1 is 0.946 bits per heavy atom. The summed E-state index contributed by atoms with van der Waals surface area (Å²) in [6.45, 7) is 6.25. The maximum atomic E-state index is 14.2. The van der Waals surface area contributed by atoms with Crippen molar-refractivity contribution in [3.63, 3.8) is 0 Å². The third-order valence-corrected chi connectivity index (χ3v) is 10.5. The van der Waals surface area contributed by atoms with Gasteiger partial charge >= 0.3 is 0 Å². The van der Waals surface area contributed by atoms with Gasteiger partial charge in [0.25, 0.3) is 0 Å². The van der Waals surface area contributed by atoms with Gasteiger partial charge in [0.15, 0.2) is 0 Å². The smallest absolute Gasteiger partial charge is 0.246 e. The van der Waals surface area contributed by atoms with Crippen LogP contribution >= 0.6 is 0 Å². The molecule has 0 radical (unpaired) electrons. The summed E-state index contributed by atoms with van der Waals surface area (Å²) in [6, 6.07) is 15.1. The zero-order valence-corrected chi connectivity index (χ0v) is 22.8. The molecule has 0 saturated carbocycles. The van der Waals surface area contributed by atoms with Gasteiger partial charge in [-0.15, -0.1) is 0 Å². The molecule has 2 heterocycles. The van der Waals surface area contributed by atoms with Crippen molar-refractivity contribution in [2.24, 2.45) is 11.8 Å². The van der Waals surface area contributed by atoms with Crippen molar-refractivity contribution in [1.82, 2.24) is 15.5 Å². The number of hydrogen-bond acceptors (Lipinski definition) is 4. The Hall–Kier alpha value is -2.51. The summed E-state index contributed by atoms with van der Waals surface area (Å²) in [5.41, 5.74) is 3.43.